The Kier molecular flexibility index (Phi) is 4.54. The number of carbonyl (C=O) groups excluding carboxylic acids is 1. The summed E-state index contributed by atoms with van der Waals surface area (Å²) in [5.41, 5.74) is 11.4. The molecule has 0 atom stereocenters. The summed E-state index contributed by atoms with van der Waals surface area (Å²) in [6.07, 6.45) is 0. The average Bonchev–Trinajstić information content (AvgIpc) is 2.18. The predicted molar refractivity (Wildman–Crippen MR) is 69.3 cm³/mol. The van der Waals surface area contributed by atoms with Gasteiger partial charge in [0.1, 0.15) is 5.82 Å². The van der Waals surface area contributed by atoms with E-state index in [2.05, 4.69) is 0 Å². The standard InChI is InChI=1S/C12H17FN2OS/c1-12(2,15)7-17-6-9-4-3-8(11(14)16)5-10(9)13/h3-5H,6-7,15H2,1-2H3,(H2,14,16). The molecule has 0 saturated carbocycles. The second-order valence-corrected chi connectivity index (χ2v) is 5.64. The van der Waals surface area contributed by atoms with Crippen LogP contribution in [0.2, 0.25) is 0 Å². The normalized spacial score (nSPS) is 11.5. The highest BCUT2D eigenvalue weighted by Gasteiger charge is 2.12. The van der Waals surface area contributed by atoms with Gasteiger partial charge in [0.25, 0.3) is 0 Å². The molecule has 5 heteroatoms. The third kappa shape index (κ3) is 4.75. The summed E-state index contributed by atoms with van der Waals surface area (Å²) in [6.45, 7) is 3.85. The van der Waals surface area contributed by atoms with E-state index < -0.39 is 11.7 Å². The fourth-order valence-corrected chi connectivity index (χ4v) is 2.32. The second-order valence-electron chi connectivity index (χ2n) is 4.65. The summed E-state index contributed by atoms with van der Waals surface area (Å²) in [5.74, 6) is 0.255. The van der Waals surface area contributed by atoms with Crippen molar-refractivity contribution in [3.8, 4) is 0 Å². The van der Waals surface area contributed by atoms with Crippen LogP contribution in [-0.2, 0) is 5.75 Å². The van der Waals surface area contributed by atoms with Crippen LogP contribution >= 0.6 is 11.8 Å². The number of amides is 1. The zero-order valence-corrected chi connectivity index (χ0v) is 10.8. The maximum Gasteiger partial charge on any atom is 0.248 e. The minimum Gasteiger partial charge on any atom is -0.366 e. The molecule has 3 nitrogen and oxygen atoms in total. The first-order chi connectivity index (χ1) is 7.79. The van der Waals surface area contributed by atoms with Gasteiger partial charge in [-0.2, -0.15) is 11.8 Å². The molecular formula is C12H17FN2OS. The van der Waals surface area contributed by atoms with E-state index in [-0.39, 0.29) is 11.1 Å². The van der Waals surface area contributed by atoms with Crippen LogP contribution in [0, 0.1) is 5.82 Å². The third-order valence-electron chi connectivity index (χ3n) is 2.07. The van der Waals surface area contributed by atoms with Crippen LogP contribution < -0.4 is 11.5 Å². The van der Waals surface area contributed by atoms with E-state index in [0.29, 0.717) is 11.3 Å². The molecule has 94 valence electrons. The van der Waals surface area contributed by atoms with E-state index in [4.69, 9.17) is 11.5 Å². The van der Waals surface area contributed by atoms with Gasteiger partial charge in [0.05, 0.1) is 0 Å². The second kappa shape index (κ2) is 5.51. The molecule has 1 aromatic carbocycles. The van der Waals surface area contributed by atoms with Crippen LogP contribution in [0.4, 0.5) is 4.39 Å². The summed E-state index contributed by atoms with van der Waals surface area (Å²) in [4.78, 5) is 10.8. The Morgan fingerprint density at radius 2 is 2.12 bits per heavy atom. The Bertz CT molecular complexity index is 415. The van der Waals surface area contributed by atoms with Crippen LogP contribution in [0.1, 0.15) is 29.8 Å². The molecule has 0 unspecified atom stereocenters. The van der Waals surface area contributed by atoms with Crippen molar-refractivity contribution in [3.63, 3.8) is 0 Å². The topological polar surface area (TPSA) is 69.1 Å². The number of hydrogen-bond donors (Lipinski definition) is 2. The number of rotatable bonds is 5. The van der Waals surface area contributed by atoms with E-state index in [1.165, 1.54) is 12.1 Å². The first-order valence-electron chi connectivity index (χ1n) is 5.24. The van der Waals surface area contributed by atoms with Gasteiger partial charge < -0.3 is 11.5 Å². The molecule has 17 heavy (non-hydrogen) atoms. The lowest BCUT2D eigenvalue weighted by Gasteiger charge is -2.17. The molecule has 0 bridgehead atoms. The maximum absolute atomic E-state index is 13.6. The largest absolute Gasteiger partial charge is 0.366 e. The lowest BCUT2D eigenvalue weighted by atomic mass is 10.1. The van der Waals surface area contributed by atoms with Gasteiger partial charge in [-0.05, 0) is 31.5 Å². The molecule has 0 aliphatic heterocycles. The summed E-state index contributed by atoms with van der Waals surface area (Å²) >= 11 is 1.56. The molecular weight excluding hydrogens is 239 g/mol. The van der Waals surface area contributed by atoms with Crippen molar-refractivity contribution in [3.05, 3.63) is 35.1 Å². The van der Waals surface area contributed by atoms with E-state index in [9.17, 15) is 9.18 Å². The first-order valence-corrected chi connectivity index (χ1v) is 6.40. The number of halogens is 1. The lowest BCUT2D eigenvalue weighted by molar-refractivity contribution is 0.1000. The van der Waals surface area contributed by atoms with E-state index in [0.717, 1.165) is 5.75 Å². The Morgan fingerprint density at radius 1 is 1.47 bits per heavy atom. The quantitative estimate of drug-likeness (QED) is 0.845. The van der Waals surface area contributed by atoms with Crippen molar-refractivity contribution >= 4 is 17.7 Å². The molecule has 0 saturated heterocycles. The van der Waals surface area contributed by atoms with Crippen molar-refractivity contribution in [2.24, 2.45) is 11.5 Å². The first kappa shape index (κ1) is 14.0. The highest BCUT2D eigenvalue weighted by molar-refractivity contribution is 7.98. The van der Waals surface area contributed by atoms with Gasteiger partial charge in [0, 0.05) is 22.6 Å². The Labute approximate surface area is 105 Å². The van der Waals surface area contributed by atoms with Crippen LogP contribution in [0.5, 0.6) is 0 Å². The van der Waals surface area contributed by atoms with Crippen LogP contribution in [-0.4, -0.2) is 17.2 Å². The summed E-state index contributed by atoms with van der Waals surface area (Å²) < 4.78 is 13.6. The van der Waals surface area contributed by atoms with Gasteiger partial charge in [-0.1, -0.05) is 6.07 Å². The van der Waals surface area contributed by atoms with Crippen molar-refractivity contribution in [1.82, 2.24) is 0 Å². The minimum absolute atomic E-state index is 0.190. The molecule has 0 radical (unpaired) electrons. The summed E-state index contributed by atoms with van der Waals surface area (Å²) in [7, 11) is 0. The molecule has 0 heterocycles. The highest BCUT2D eigenvalue weighted by atomic mass is 32.2. The molecule has 1 amide bonds. The molecule has 0 aromatic heterocycles. The summed E-state index contributed by atoms with van der Waals surface area (Å²) in [5, 5.41) is 0. The molecule has 4 N–H and O–H groups in total. The SMILES string of the molecule is CC(C)(N)CSCc1ccc(C(N)=O)cc1F. The zero-order valence-electron chi connectivity index (χ0n) is 10.00. The van der Waals surface area contributed by atoms with Crippen LogP contribution in [0.3, 0.4) is 0 Å². The molecule has 0 fully saturated rings. The monoisotopic (exact) mass is 256 g/mol. The van der Waals surface area contributed by atoms with E-state index >= 15 is 0 Å². The van der Waals surface area contributed by atoms with Crippen molar-refractivity contribution in [2.45, 2.75) is 25.1 Å². The molecule has 0 aliphatic carbocycles. The van der Waals surface area contributed by atoms with E-state index in [1.54, 1.807) is 17.8 Å². The average molecular weight is 256 g/mol. The lowest BCUT2D eigenvalue weighted by Crippen LogP contribution is -2.34. The van der Waals surface area contributed by atoms with Gasteiger partial charge in [0.15, 0.2) is 0 Å². The van der Waals surface area contributed by atoms with Gasteiger partial charge in [0.2, 0.25) is 5.91 Å². The molecule has 0 aliphatic rings. The zero-order chi connectivity index (χ0) is 13.1. The summed E-state index contributed by atoms with van der Waals surface area (Å²) in [6, 6.07) is 4.30. The van der Waals surface area contributed by atoms with E-state index in [1.807, 2.05) is 13.8 Å². The fraction of sp³-hybridized carbons (Fsp3) is 0.417. The number of benzene rings is 1. The molecule has 0 spiro atoms. The number of thioether (sulfide) groups is 1. The minimum atomic E-state index is -0.619. The van der Waals surface area contributed by atoms with Gasteiger partial charge >= 0.3 is 0 Å². The van der Waals surface area contributed by atoms with Crippen molar-refractivity contribution in [2.75, 3.05) is 5.75 Å². The van der Waals surface area contributed by atoms with Crippen LogP contribution in [0.25, 0.3) is 0 Å². The van der Waals surface area contributed by atoms with Crippen molar-refractivity contribution in [1.29, 1.82) is 0 Å². The van der Waals surface area contributed by atoms with Gasteiger partial charge in [-0.3, -0.25) is 4.79 Å². The third-order valence-corrected chi connectivity index (χ3v) is 3.53. The Balaban J connectivity index is 2.64. The number of nitrogens with two attached hydrogens (primary N) is 2. The molecule has 1 aromatic rings. The Morgan fingerprint density at radius 3 is 2.59 bits per heavy atom. The highest BCUT2D eigenvalue weighted by Crippen LogP contribution is 2.19. The number of hydrogen-bond acceptors (Lipinski definition) is 3. The number of carbonyl (C=O) groups is 1. The molecule has 1 rings (SSSR count). The maximum atomic E-state index is 13.6. The van der Waals surface area contributed by atoms with Gasteiger partial charge in [-0.25, -0.2) is 4.39 Å². The van der Waals surface area contributed by atoms with Crippen LogP contribution in [0.15, 0.2) is 18.2 Å². The van der Waals surface area contributed by atoms with Crippen molar-refractivity contribution < 1.29 is 9.18 Å². The smallest absolute Gasteiger partial charge is 0.248 e. The number of primary amides is 1. The fourth-order valence-electron chi connectivity index (χ4n) is 1.24. The predicted octanol–water partition coefficient (Wildman–Crippen LogP) is 1.90. The Hall–Kier alpha value is -1.07. The van der Waals surface area contributed by atoms with Gasteiger partial charge in [-0.15, -0.1) is 0 Å².